The van der Waals surface area contributed by atoms with Crippen molar-refractivity contribution >= 4 is 6.21 Å². The summed E-state index contributed by atoms with van der Waals surface area (Å²) < 4.78 is 5.71. The first-order chi connectivity index (χ1) is 9.40. The summed E-state index contributed by atoms with van der Waals surface area (Å²) in [7, 11) is 0. The third-order valence-electron chi connectivity index (χ3n) is 2.83. The topological polar surface area (TPSA) is 41.8 Å². The van der Waals surface area contributed by atoms with Crippen molar-refractivity contribution in [1.29, 1.82) is 0 Å². The molecule has 19 heavy (non-hydrogen) atoms. The first-order valence-corrected chi connectivity index (χ1v) is 6.33. The predicted molar refractivity (Wildman–Crippen MR) is 76.1 cm³/mol. The van der Waals surface area contributed by atoms with E-state index >= 15 is 0 Å². The number of para-hydroxylation sites is 1. The van der Waals surface area contributed by atoms with Crippen LogP contribution in [-0.4, -0.2) is 18.0 Å². The predicted octanol–water partition coefficient (Wildman–Crippen LogP) is 3.51. The van der Waals surface area contributed by atoms with E-state index < -0.39 is 0 Å². The Morgan fingerprint density at radius 1 is 1.00 bits per heavy atom. The van der Waals surface area contributed by atoms with Gasteiger partial charge in [-0.1, -0.05) is 47.6 Å². The molecule has 0 atom stereocenters. The molecule has 0 spiro atoms. The van der Waals surface area contributed by atoms with Gasteiger partial charge in [-0.05, 0) is 30.5 Å². The smallest absolute Gasteiger partial charge is 0.128 e. The minimum Gasteiger partial charge on any atom is -0.493 e. The number of benzene rings is 2. The maximum Gasteiger partial charge on any atom is 0.128 e. The van der Waals surface area contributed by atoms with Crippen LogP contribution in [0.25, 0.3) is 0 Å². The Morgan fingerprint density at radius 2 is 1.74 bits per heavy atom. The molecule has 0 amide bonds. The van der Waals surface area contributed by atoms with Crippen LogP contribution in [0, 0.1) is 0 Å². The van der Waals surface area contributed by atoms with E-state index in [1.807, 2.05) is 42.5 Å². The zero-order valence-corrected chi connectivity index (χ0v) is 10.7. The van der Waals surface area contributed by atoms with Gasteiger partial charge >= 0.3 is 0 Å². The van der Waals surface area contributed by atoms with Gasteiger partial charge < -0.3 is 9.94 Å². The molecule has 98 valence electrons. The number of hydrogen-bond donors (Lipinski definition) is 1. The number of aryl methyl sites for hydroxylation is 1. The number of rotatable bonds is 6. The Morgan fingerprint density at radius 3 is 2.53 bits per heavy atom. The SMILES string of the molecule is ON=Cc1ccccc1OCCCc1ccccc1. The Kier molecular flexibility index (Phi) is 4.99. The van der Waals surface area contributed by atoms with Crippen molar-refractivity contribution in [3.05, 3.63) is 65.7 Å². The summed E-state index contributed by atoms with van der Waals surface area (Å²) in [5, 5.41) is 11.6. The van der Waals surface area contributed by atoms with Gasteiger partial charge in [0.1, 0.15) is 5.75 Å². The highest BCUT2D eigenvalue weighted by molar-refractivity contribution is 5.82. The minimum absolute atomic E-state index is 0.644. The number of hydrogen-bond acceptors (Lipinski definition) is 3. The van der Waals surface area contributed by atoms with Gasteiger partial charge in [-0.15, -0.1) is 0 Å². The molecule has 0 aromatic heterocycles. The molecule has 0 radical (unpaired) electrons. The second-order valence-corrected chi connectivity index (χ2v) is 4.22. The van der Waals surface area contributed by atoms with Crippen molar-refractivity contribution in [2.24, 2.45) is 5.16 Å². The lowest BCUT2D eigenvalue weighted by Crippen LogP contribution is -2.01. The molecule has 3 heteroatoms. The molecular formula is C16H17NO2. The van der Waals surface area contributed by atoms with Crippen molar-refractivity contribution in [3.8, 4) is 5.75 Å². The highest BCUT2D eigenvalue weighted by Crippen LogP contribution is 2.16. The first-order valence-electron chi connectivity index (χ1n) is 6.33. The molecule has 0 aliphatic carbocycles. The van der Waals surface area contributed by atoms with Gasteiger partial charge in [0.15, 0.2) is 0 Å². The molecule has 0 saturated heterocycles. The summed E-state index contributed by atoms with van der Waals surface area (Å²) in [6, 6.07) is 17.9. The van der Waals surface area contributed by atoms with E-state index in [1.54, 1.807) is 0 Å². The van der Waals surface area contributed by atoms with E-state index in [0.29, 0.717) is 6.61 Å². The van der Waals surface area contributed by atoms with Gasteiger partial charge in [-0.25, -0.2) is 0 Å². The van der Waals surface area contributed by atoms with Crippen LogP contribution in [0.4, 0.5) is 0 Å². The third-order valence-corrected chi connectivity index (χ3v) is 2.83. The first kappa shape index (κ1) is 13.1. The third kappa shape index (κ3) is 4.14. The average Bonchev–Trinajstić information content (AvgIpc) is 2.47. The van der Waals surface area contributed by atoms with E-state index in [1.165, 1.54) is 11.8 Å². The molecule has 0 unspecified atom stereocenters. The molecule has 0 saturated carbocycles. The largest absolute Gasteiger partial charge is 0.493 e. The molecule has 0 aliphatic rings. The van der Waals surface area contributed by atoms with E-state index in [-0.39, 0.29) is 0 Å². The lowest BCUT2D eigenvalue weighted by Gasteiger charge is -2.08. The summed E-state index contributed by atoms with van der Waals surface area (Å²) in [4.78, 5) is 0. The van der Waals surface area contributed by atoms with Crippen LogP contribution in [0.1, 0.15) is 17.5 Å². The maximum absolute atomic E-state index is 8.58. The van der Waals surface area contributed by atoms with Gasteiger partial charge in [0, 0.05) is 5.56 Å². The molecule has 0 aliphatic heterocycles. The zero-order valence-electron chi connectivity index (χ0n) is 10.7. The summed E-state index contributed by atoms with van der Waals surface area (Å²) in [5.41, 5.74) is 2.10. The molecule has 0 bridgehead atoms. The fourth-order valence-electron chi connectivity index (χ4n) is 1.88. The highest BCUT2D eigenvalue weighted by atomic mass is 16.5. The van der Waals surface area contributed by atoms with E-state index in [9.17, 15) is 0 Å². The molecule has 2 aromatic carbocycles. The molecule has 2 rings (SSSR count). The van der Waals surface area contributed by atoms with Crippen LogP contribution in [0.2, 0.25) is 0 Å². The number of nitrogens with zero attached hydrogens (tertiary/aromatic N) is 1. The Bertz CT molecular complexity index is 523. The summed E-state index contributed by atoms with van der Waals surface area (Å²) in [6.45, 7) is 0.644. The molecule has 1 N–H and O–H groups in total. The van der Waals surface area contributed by atoms with Crippen LogP contribution in [0.5, 0.6) is 5.75 Å². The molecule has 2 aromatic rings. The van der Waals surface area contributed by atoms with Gasteiger partial charge in [0.2, 0.25) is 0 Å². The lowest BCUT2D eigenvalue weighted by atomic mass is 10.1. The normalized spacial score (nSPS) is 10.7. The molecule has 0 heterocycles. The van der Waals surface area contributed by atoms with Crippen LogP contribution >= 0.6 is 0 Å². The average molecular weight is 255 g/mol. The van der Waals surface area contributed by atoms with Gasteiger partial charge in [-0.3, -0.25) is 0 Å². The van der Waals surface area contributed by atoms with Crippen LogP contribution in [-0.2, 0) is 6.42 Å². The fraction of sp³-hybridized carbons (Fsp3) is 0.188. The van der Waals surface area contributed by atoms with E-state index in [2.05, 4.69) is 17.3 Å². The standard InChI is InChI=1S/C16H17NO2/c18-17-13-15-10-4-5-11-16(15)19-12-6-9-14-7-2-1-3-8-14/h1-5,7-8,10-11,13,18H,6,9,12H2. The molecular weight excluding hydrogens is 238 g/mol. The van der Waals surface area contributed by atoms with Crippen LogP contribution in [0.15, 0.2) is 59.8 Å². The van der Waals surface area contributed by atoms with Crippen molar-refractivity contribution in [2.75, 3.05) is 6.61 Å². The van der Waals surface area contributed by atoms with Crippen LogP contribution in [0.3, 0.4) is 0 Å². The summed E-state index contributed by atoms with van der Waals surface area (Å²) >= 11 is 0. The van der Waals surface area contributed by atoms with E-state index in [4.69, 9.17) is 9.94 Å². The lowest BCUT2D eigenvalue weighted by molar-refractivity contribution is 0.308. The van der Waals surface area contributed by atoms with Gasteiger partial charge in [-0.2, -0.15) is 0 Å². The monoisotopic (exact) mass is 255 g/mol. The van der Waals surface area contributed by atoms with Gasteiger partial charge in [0.25, 0.3) is 0 Å². The second kappa shape index (κ2) is 7.21. The fourth-order valence-corrected chi connectivity index (χ4v) is 1.88. The Hall–Kier alpha value is -2.29. The maximum atomic E-state index is 8.58. The summed E-state index contributed by atoms with van der Waals surface area (Å²) in [6.07, 6.45) is 3.33. The van der Waals surface area contributed by atoms with Crippen LogP contribution < -0.4 is 4.74 Å². The number of ether oxygens (including phenoxy) is 1. The second-order valence-electron chi connectivity index (χ2n) is 4.22. The van der Waals surface area contributed by atoms with E-state index in [0.717, 1.165) is 24.2 Å². The Balaban J connectivity index is 1.83. The van der Waals surface area contributed by atoms with Crippen molar-refractivity contribution in [1.82, 2.24) is 0 Å². The Labute approximate surface area is 113 Å². The van der Waals surface area contributed by atoms with Gasteiger partial charge in [0.05, 0.1) is 12.8 Å². The quantitative estimate of drug-likeness (QED) is 0.371. The number of oxime groups is 1. The van der Waals surface area contributed by atoms with Crippen molar-refractivity contribution < 1.29 is 9.94 Å². The van der Waals surface area contributed by atoms with Crippen molar-refractivity contribution in [3.63, 3.8) is 0 Å². The highest BCUT2D eigenvalue weighted by Gasteiger charge is 2.00. The molecule has 3 nitrogen and oxygen atoms in total. The zero-order chi connectivity index (χ0) is 13.3. The molecule has 0 fully saturated rings. The minimum atomic E-state index is 0.644. The summed E-state index contributed by atoms with van der Waals surface area (Å²) in [5.74, 6) is 0.744. The van der Waals surface area contributed by atoms with Crippen molar-refractivity contribution in [2.45, 2.75) is 12.8 Å².